The van der Waals surface area contributed by atoms with Crippen LogP contribution in [0.2, 0.25) is 0 Å². The van der Waals surface area contributed by atoms with Crippen LogP contribution in [-0.2, 0) is 12.5 Å². The molecule has 1 amide bonds. The van der Waals surface area contributed by atoms with Crippen LogP contribution in [0.3, 0.4) is 0 Å². The highest BCUT2D eigenvalue weighted by atomic mass is 16.5. The van der Waals surface area contributed by atoms with Crippen LogP contribution in [-0.4, -0.2) is 65.3 Å². The summed E-state index contributed by atoms with van der Waals surface area (Å²) in [6.45, 7) is 3.61. The fourth-order valence-electron chi connectivity index (χ4n) is 6.60. The summed E-state index contributed by atoms with van der Waals surface area (Å²) in [7, 11) is 3.84. The standard InChI is InChI=1S/C29H35N3O3/c1-30-24-16-22(35-2)10-11-23(24)26-27(30)25(18-33)32(17-20-8-9-20)19-29(26)12-14-31(15-13-29)28(34)21-6-4-3-5-7-21/h3-7,10-11,16,20,25,33H,8-9,12-15,17-19H2,1-2H3/t25-/m1/s1. The van der Waals surface area contributed by atoms with Gasteiger partial charge in [-0.1, -0.05) is 18.2 Å². The minimum atomic E-state index is -0.0303. The molecule has 2 fully saturated rings. The predicted octanol–water partition coefficient (Wildman–Crippen LogP) is 4.12. The van der Waals surface area contributed by atoms with E-state index >= 15 is 0 Å². The molecular formula is C29H35N3O3. The zero-order chi connectivity index (χ0) is 24.2. The maximum absolute atomic E-state index is 13.2. The first kappa shape index (κ1) is 22.6. The van der Waals surface area contributed by atoms with Crippen molar-refractivity contribution in [1.82, 2.24) is 14.4 Å². The van der Waals surface area contributed by atoms with E-state index in [4.69, 9.17) is 4.74 Å². The molecule has 1 N–H and O–H groups in total. The lowest BCUT2D eigenvalue weighted by molar-refractivity contribution is 0.0390. The number of ether oxygens (including phenoxy) is 1. The van der Waals surface area contributed by atoms with Crippen molar-refractivity contribution in [3.05, 3.63) is 65.4 Å². The summed E-state index contributed by atoms with van der Waals surface area (Å²) in [6, 6.07) is 16.0. The van der Waals surface area contributed by atoms with E-state index in [1.807, 2.05) is 35.2 Å². The molecule has 0 radical (unpaired) electrons. The average Bonchev–Trinajstić information content (AvgIpc) is 3.67. The van der Waals surface area contributed by atoms with Gasteiger partial charge in [-0.15, -0.1) is 0 Å². The monoisotopic (exact) mass is 473 g/mol. The van der Waals surface area contributed by atoms with Gasteiger partial charge >= 0.3 is 0 Å². The van der Waals surface area contributed by atoms with Gasteiger partial charge in [-0.2, -0.15) is 0 Å². The summed E-state index contributed by atoms with van der Waals surface area (Å²) in [5.74, 6) is 1.72. The molecule has 3 aliphatic rings. The molecule has 1 saturated carbocycles. The highest BCUT2D eigenvalue weighted by molar-refractivity contribution is 5.94. The molecule has 1 atom stereocenters. The van der Waals surface area contributed by atoms with Gasteiger partial charge in [0, 0.05) is 61.4 Å². The molecular weight excluding hydrogens is 438 g/mol. The van der Waals surface area contributed by atoms with Crippen LogP contribution < -0.4 is 4.74 Å². The Morgan fingerprint density at radius 3 is 2.51 bits per heavy atom. The van der Waals surface area contributed by atoms with Crippen LogP contribution in [0, 0.1) is 5.92 Å². The van der Waals surface area contributed by atoms with Gasteiger partial charge in [-0.3, -0.25) is 9.69 Å². The van der Waals surface area contributed by atoms with Crippen molar-refractivity contribution >= 4 is 16.8 Å². The number of likely N-dealkylation sites (tertiary alicyclic amines) is 1. The van der Waals surface area contributed by atoms with Crippen LogP contribution in [0.25, 0.3) is 10.9 Å². The molecule has 3 heterocycles. The largest absolute Gasteiger partial charge is 0.497 e. The van der Waals surface area contributed by atoms with Crippen LogP contribution in [0.4, 0.5) is 0 Å². The van der Waals surface area contributed by atoms with E-state index in [0.29, 0.717) is 0 Å². The van der Waals surface area contributed by atoms with Gasteiger partial charge in [0.1, 0.15) is 5.75 Å². The molecule has 2 aromatic carbocycles. The van der Waals surface area contributed by atoms with Crippen molar-refractivity contribution < 1.29 is 14.6 Å². The number of hydrogen-bond acceptors (Lipinski definition) is 4. The second kappa shape index (κ2) is 8.68. The number of amides is 1. The van der Waals surface area contributed by atoms with Gasteiger partial charge < -0.3 is 19.3 Å². The normalized spacial score (nSPS) is 21.9. The number of nitrogens with zero attached hydrogens (tertiary/aromatic N) is 3. The number of aromatic nitrogens is 1. The summed E-state index contributed by atoms with van der Waals surface area (Å²) in [4.78, 5) is 17.8. The predicted molar refractivity (Wildman–Crippen MR) is 137 cm³/mol. The molecule has 184 valence electrons. The molecule has 1 aliphatic carbocycles. The Hall–Kier alpha value is -2.83. The quantitative estimate of drug-likeness (QED) is 0.606. The Kier molecular flexibility index (Phi) is 5.61. The van der Waals surface area contributed by atoms with E-state index in [0.717, 1.165) is 61.8 Å². The lowest BCUT2D eigenvalue weighted by Crippen LogP contribution is -2.55. The second-order valence-corrected chi connectivity index (χ2v) is 10.7. The molecule has 35 heavy (non-hydrogen) atoms. The third-order valence-corrected chi connectivity index (χ3v) is 8.64. The van der Waals surface area contributed by atoms with E-state index in [1.54, 1.807) is 7.11 Å². The molecule has 1 spiro atoms. The third kappa shape index (κ3) is 3.74. The summed E-state index contributed by atoms with van der Waals surface area (Å²) in [5.41, 5.74) is 4.52. The average molecular weight is 474 g/mol. The first-order valence-electron chi connectivity index (χ1n) is 12.9. The fraction of sp³-hybridized carbons (Fsp3) is 0.483. The van der Waals surface area contributed by atoms with E-state index in [1.165, 1.54) is 29.5 Å². The number of fused-ring (bicyclic) bond motifs is 4. The molecule has 6 nitrogen and oxygen atoms in total. The Morgan fingerprint density at radius 1 is 1.11 bits per heavy atom. The molecule has 1 aromatic heterocycles. The Morgan fingerprint density at radius 2 is 1.86 bits per heavy atom. The van der Waals surface area contributed by atoms with Gasteiger partial charge in [-0.25, -0.2) is 0 Å². The number of aryl methyl sites for hydroxylation is 1. The molecule has 3 aromatic rings. The topological polar surface area (TPSA) is 57.9 Å². The minimum Gasteiger partial charge on any atom is -0.497 e. The number of carbonyl (C=O) groups excluding carboxylic acids is 1. The summed E-state index contributed by atoms with van der Waals surface area (Å²) in [5, 5.41) is 11.8. The molecule has 0 bridgehead atoms. The van der Waals surface area contributed by atoms with E-state index in [-0.39, 0.29) is 24.0 Å². The van der Waals surface area contributed by atoms with Crippen molar-refractivity contribution in [3.8, 4) is 5.75 Å². The zero-order valence-corrected chi connectivity index (χ0v) is 20.7. The van der Waals surface area contributed by atoms with Gasteiger partial charge in [0.05, 0.1) is 25.3 Å². The first-order chi connectivity index (χ1) is 17.0. The number of rotatable bonds is 5. The maximum Gasteiger partial charge on any atom is 0.253 e. The Bertz CT molecular complexity index is 1240. The van der Waals surface area contributed by atoms with Crippen LogP contribution >= 0.6 is 0 Å². The van der Waals surface area contributed by atoms with Gasteiger partial charge in [0.25, 0.3) is 5.91 Å². The number of aliphatic hydroxyl groups is 1. The number of hydrogen-bond donors (Lipinski definition) is 1. The van der Waals surface area contributed by atoms with E-state index in [2.05, 4.69) is 34.7 Å². The third-order valence-electron chi connectivity index (χ3n) is 8.64. The molecule has 2 aliphatic heterocycles. The smallest absolute Gasteiger partial charge is 0.253 e. The number of aliphatic hydroxyl groups excluding tert-OH is 1. The van der Waals surface area contributed by atoms with E-state index in [9.17, 15) is 9.90 Å². The second-order valence-electron chi connectivity index (χ2n) is 10.7. The number of benzene rings is 2. The Balaban J connectivity index is 1.41. The van der Waals surface area contributed by atoms with Crippen LogP contribution in [0.1, 0.15) is 53.3 Å². The lowest BCUT2D eigenvalue weighted by atomic mass is 9.68. The fourth-order valence-corrected chi connectivity index (χ4v) is 6.60. The zero-order valence-electron chi connectivity index (χ0n) is 20.7. The van der Waals surface area contributed by atoms with Crippen LogP contribution in [0.15, 0.2) is 48.5 Å². The van der Waals surface area contributed by atoms with Crippen LogP contribution in [0.5, 0.6) is 5.75 Å². The maximum atomic E-state index is 13.2. The molecule has 0 unspecified atom stereocenters. The van der Waals surface area contributed by atoms with Crippen molar-refractivity contribution in [2.45, 2.75) is 37.1 Å². The minimum absolute atomic E-state index is 0.00333. The van der Waals surface area contributed by atoms with Gasteiger partial charge in [0.2, 0.25) is 0 Å². The molecule has 1 saturated heterocycles. The highest BCUT2D eigenvalue weighted by Crippen LogP contribution is 2.51. The number of piperidine rings is 1. The van der Waals surface area contributed by atoms with Crippen molar-refractivity contribution in [3.63, 3.8) is 0 Å². The van der Waals surface area contributed by atoms with Gasteiger partial charge in [0.15, 0.2) is 0 Å². The van der Waals surface area contributed by atoms with E-state index < -0.39 is 0 Å². The first-order valence-corrected chi connectivity index (χ1v) is 12.9. The van der Waals surface area contributed by atoms with Crippen molar-refractivity contribution in [2.24, 2.45) is 13.0 Å². The van der Waals surface area contributed by atoms with Crippen molar-refractivity contribution in [1.29, 1.82) is 0 Å². The highest BCUT2D eigenvalue weighted by Gasteiger charge is 2.49. The summed E-state index contributed by atoms with van der Waals surface area (Å²) < 4.78 is 7.83. The van der Waals surface area contributed by atoms with Gasteiger partial charge in [-0.05, 0) is 61.4 Å². The molecule has 6 heteroatoms. The summed E-state index contributed by atoms with van der Waals surface area (Å²) >= 11 is 0. The number of methoxy groups -OCH3 is 1. The van der Waals surface area contributed by atoms with Crippen molar-refractivity contribution in [2.75, 3.05) is 39.9 Å². The SMILES string of the molecule is COc1ccc2c3c(n(C)c2c1)[C@@H](CO)N(CC1CC1)CC31CCN(C(=O)c2ccccc2)CC1. The summed E-state index contributed by atoms with van der Waals surface area (Å²) in [6.07, 6.45) is 4.45. The number of carbonyl (C=O) groups is 1. The molecule has 6 rings (SSSR count). The Labute approximate surface area is 207 Å². The lowest BCUT2D eigenvalue weighted by Gasteiger charge is -2.50.